The predicted molar refractivity (Wildman–Crippen MR) is 138 cm³/mol. The van der Waals surface area contributed by atoms with Gasteiger partial charge >= 0.3 is 0 Å². The van der Waals surface area contributed by atoms with Gasteiger partial charge in [-0.25, -0.2) is 0 Å². The number of nitrogens with zero attached hydrogens (tertiary/aromatic N) is 1. The maximum absolute atomic E-state index is 13.1. The summed E-state index contributed by atoms with van der Waals surface area (Å²) in [6.07, 6.45) is 8.99. The third kappa shape index (κ3) is 3.66. The van der Waals surface area contributed by atoms with Crippen LogP contribution in [0, 0.1) is 0 Å². The number of rotatable bonds is 5. The molecule has 6 heteroatoms. The highest BCUT2D eigenvalue weighted by molar-refractivity contribution is 6.35. The van der Waals surface area contributed by atoms with Gasteiger partial charge in [-0.3, -0.25) is 9.78 Å². The van der Waals surface area contributed by atoms with Crippen molar-refractivity contribution in [2.24, 2.45) is 0 Å². The lowest BCUT2D eigenvalue weighted by atomic mass is 9.91. The summed E-state index contributed by atoms with van der Waals surface area (Å²) in [4.78, 5) is 21.5. The molecule has 0 saturated carbocycles. The van der Waals surface area contributed by atoms with Gasteiger partial charge in [-0.1, -0.05) is 24.3 Å². The average Bonchev–Trinajstić information content (AvgIpc) is 3.40. The maximum Gasteiger partial charge on any atom is 0.256 e. The molecule has 0 fully saturated rings. The number of aromatic amines is 1. The second kappa shape index (κ2) is 8.62. The first kappa shape index (κ1) is 21.5. The SMILES string of the molecule is COc1cc2c(c(OC)c1)C(=Cc1[nH]c3c(c1Cc1nccc4ccccc14)CCCC3)C(=O)N2. The number of methoxy groups -OCH3 is 2. The number of aromatic nitrogens is 2. The van der Waals surface area contributed by atoms with Gasteiger partial charge in [0.25, 0.3) is 5.91 Å². The summed E-state index contributed by atoms with van der Waals surface area (Å²) in [5.41, 5.74) is 7.95. The van der Waals surface area contributed by atoms with E-state index in [4.69, 9.17) is 14.5 Å². The number of aryl methyl sites for hydroxylation is 1. The van der Waals surface area contributed by atoms with E-state index in [1.807, 2.05) is 24.4 Å². The Morgan fingerprint density at radius 3 is 2.77 bits per heavy atom. The van der Waals surface area contributed by atoms with Gasteiger partial charge in [-0.2, -0.15) is 0 Å². The van der Waals surface area contributed by atoms with Crippen LogP contribution in [0.15, 0.2) is 48.7 Å². The molecular weight excluding hydrogens is 438 g/mol. The first-order valence-corrected chi connectivity index (χ1v) is 12.0. The second-order valence-corrected chi connectivity index (χ2v) is 9.10. The van der Waals surface area contributed by atoms with E-state index in [-0.39, 0.29) is 5.91 Å². The monoisotopic (exact) mass is 465 g/mol. The van der Waals surface area contributed by atoms with Crippen LogP contribution in [-0.4, -0.2) is 30.1 Å². The molecule has 1 aliphatic carbocycles. The van der Waals surface area contributed by atoms with Gasteiger partial charge in [0.15, 0.2) is 0 Å². The summed E-state index contributed by atoms with van der Waals surface area (Å²) >= 11 is 0. The van der Waals surface area contributed by atoms with Crippen molar-refractivity contribution in [1.82, 2.24) is 9.97 Å². The fourth-order valence-corrected chi connectivity index (χ4v) is 5.42. The first-order valence-electron chi connectivity index (χ1n) is 12.0. The molecule has 1 aliphatic heterocycles. The zero-order valence-corrected chi connectivity index (χ0v) is 19.9. The van der Waals surface area contributed by atoms with Gasteiger partial charge in [0, 0.05) is 41.5 Å². The van der Waals surface area contributed by atoms with Crippen LogP contribution in [0.4, 0.5) is 5.69 Å². The Bertz CT molecular complexity index is 1490. The number of nitrogens with one attached hydrogen (secondary N) is 2. The molecule has 0 saturated heterocycles. The van der Waals surface area contributed by atoms with Crippen molar-refractivity contribution in [2.45, 2.75) is 32.1 Å². The van der Waals surface area contributed by atoms with Crippen molar-refractivity contribution in [3.05, 3.63) is 82.4 Å². The second-order valence-electron chi connectivity index (χ2n) is 9.10. The number of hydrogen-bond donors (Lipinski definition) is 2. The molecule has 2 aromatic carbocycles. The Morgan fingerprint density at radius 2 is 1.91 bits per heavy atom. The lowest BCUT2D eigenvalue weighted by Crippen LogP contribution is -2.05. The minimum absolute atomic E-state index is 0.145. The van der Waals surface area contributed by atoms with Crippen LogP contribution in [0.25, 0.3) is 22.4 Å². The topological polar surface area (TPSA) is 76.2 Å². The number of carbonyl (C=O) groups excluding carboxylic acids is 1. The van der Waals surface area contributed by atoms with E-state index < -0.39 is 0 Å². The Labute approximate surface area is 204 Å². The minimum Gasteiger partial charge on any atom is -0.497 e. The van der Waals surface area contributed by atoms with E-state index in [1.54, 1.807) is 14.2 Å². The molecule has 2 aromatic heterocycles. The molecule has 0 radical (unpaired) electrons. The maximum atomic E-state index is 13.1. The molecule has 35 heavy (non-hydrogen) atoms. The Morgan fingerprint density at radius 1 is 1.06 bits per heavy atom. The molecule has 0 bridgehead atoms. The summed E-state index contributed by atoms with van der Waals surface area (Å²) in [5, 5.41) is 5.33. The zero-order valence-electron chi connectivity index (χ0n) is 19.9. The molecule has 6 rings (SSSR count). The predicted octanol–water partition coefficient (Wildman–Crippen LogP) is 5.54. The van der Waals surface area contributed by atoms with E-state index >= 15 is 0 Å². The highest BCUT2D eigenvalue weighted by atomic mass is 16.5. The molecule has 0 spiro atoms. The largest absolute Gasteiger partial charge is 0.497 e. The highest BCUT2D eigenvalue weighted by Gasteiger charge is 2.30. The summed E-state index contributed by atoms with van der Waals surface area (Å²) in [6.45, 7) is 0. The number of anilines is 1. The van der Waals surface area contributed by atoms with Crippen LogP contribution < -0.4 is 14.8 Å². The molecule has 0 unspecified atom stereocenters. The fraction of sp³-hybridized carbons (Fsp3) is 0.241. The van der Waals surface area contributed by atoms with Crippen LogP contribution >= 0.6 is 0 Å². The van der Waals surface area contributed by atoms with E-state index in [0.717, 1.165) is 35.2 Å². The zero-order chi connectivity index (χ0) is 23.9. The van der Waals surface area contributed by atoms with Gasteiger partial charge in [-0.05, 0) is 54.3 Å². The van der Waals surface area contributed by atoms with Gasteiger partial charge in [0.1, 0.15) is 11.5 Å². The Hall–Kier alpha value is -4.06. The van der Waals surface area contributed by atoms with Crippen molar-refractivity contribution in [3.63, 3.8) is 0 Å². The van der Waals surface area contributed by atoms with Crippen LogP contribution in [0.3, 0.4) is 0 Å². The third-order valence-electron chi connectivity index (χ3n) is 7.13. The van der Waals surface area contributed by atoms with E-state index in [2.05, 4.69) is 40.6 Å². The van der Waals surface area contributed by atoms with E-state index in [9.17, 15) is 4.79 Å². The molecule has 4 aromatic rings. The van der Waals surface area contributed by atoms with Gasteiger partial charge < -0.3 is 19.8 Å². The molecular formula is C29H27N3O3. The molecule has 176 valence electrons. The van der Waals surface area contributed by atoms with Crippen molar-refractivity contribution in [3.8, 4) is 11.5 Å². The lowest BCUT2D eigenvalue weighted by molar-refractivity contribution is -0.110. The number of amides is 1. The molecule has 2 aliphatic rings. The number of ether oxygens (including phenoxy) is 2. The van der Waals surface area contributed by atoms with E-state index in [0.29, 0.717) is 29.2 Å². The Balaban J connectivity index is 1.50. The van der Waals surface area contributed by atoms with Crippen molar-refractivity contribution >= 4 is 34.0 Å². The highest BCUT2D eigenvalue weighted by Crippen LogP contribution is 2.43. The molecule has 2 N–H and O–H groups in total. The summed E-state index contributed by atoms with van der Waals surface area (Å²) in [5.74, 6) is 1.10. The third-order valence-corrected chi connectivity index (χ3v) is 7.13. The quantitative estimate of drug-likeness (QED) is 0.379. The summed E-state index contributed by atoms with van der Waals surface area (Å²) in [7, 11) is 3.21. The lowest BCUT2D eigenvalue weighted by Gasteiger charge is -2.13. The average molecular weight is 466 g/mol. The normalized spacial score (nSPS) is 15.7. The van der Waals surface area contributed by atoms with Gasteiger partial charge in [-0.15, -0.1) is 0 Å². The van der Waals surface area contributed by atoms with Crippen LogP contribution in [0.5, 0.6) is 11.5 Å². The van der Waals surface area contributed by atoms with Crippen LogP contribution in [0.2, 0.25) is 0 Å². The first-order chi connectivity index (χ1) is 17.2. The van der Waals surface area contributed by atoms with Crippen LogP contribution in [-0.2, 0) is 24.1 Å². The molecule has 3 heterocycles. The molecule has 1 amide bonds. The van der Waals surface area contributed by atoms with Crippen molar-refractivity contribution in [1.29, 1.82) is 0 Å². The summed E-state index contributed by atoms with van der Waals surface area (Å²) in [6, 6.07) is 14.1. The van der Waals surface area contributed by atoms with E-state index in [1.165, 1.54) is 35.0 Å². The number of fused-ring (bicyclic) bond motifs is 3. The van der Waals surface area contributed by atoms with Crippen LogP contribution in [0.1, 0.15) is 46.6 Å². The van der Waals surface area contributed by atoms with Crippen molar-refractivity contribution < 1.29 is 14.3 Å². The summed E-state index contributed by atoms with van der Waals surface area (Å²) < 4.78 is 11.0. The number of H-pyrrole nitrogens is 1. The number of pyridine rings is 1. The van der Waals surface area contributed by atoms with Gasteiger partial charge in [0.2, 0.25) is 0 Å². The smallest absolute Gasteiger partial charge is 0.256 e. The van der Waals surface area contributed by atoms with Crippen molar-refractivity contribution in [2.75, 3.05) is 19.5 Å². The molecule has 6 nitrogen and oxygen atoms in total. The number of hydrogen-bond acceptors (Lipinski definition) is 4. The Kier molecular flexibility index (Phi) is 5.29. The number of benzene rings is 2. The fourth-order valence-electron chi connectivity index (χ4n) is 5.42. The molecule has 0 atom stereocenters. The standard InChI is InChI=1S/C29H27N3O3/c1-34-18-13-26-28(27(14-18)35-2)22(29(33)32-26)16-25-21(20-9-5-6-10-23(20)31-25)15-24-19-8-4-3-7-17(19)11-12-30-24/h3-4,7-8,11-14,16,31H,5-6,9-10,15H2,1-2H3,(H,32,33). The minimum atomic E-state index is -0.145. The number of carbonyl (C=O) groups is 1. The van der Waals surface area contributed by atoms with Gasteiger partial charge in [0.05, 0.1) is 36.7 Å².